The van der Waals surface area contributed by atoms with Crippen molar-refractivity contribution in [3.8, 4) is 11.6 Å². The second kappa shape index (κ2) is 11.3. The van der Waals surface area contributed by atoms with E-state index in [9.17, 15) is 4.79 Å². The average molecular weight is 476 g/mol. The highest BCUT2D eigenvalue weighted by Crippen LogP contribution is 2.36. The molecule has 0 aliphatic rings. The van der Waals surface area contributed by atoms with Crippen LogP contribution < -0.4 is 4.74 Å². The van der Waals surface area contributed by atoms with Crippen LogP contribution in [0.1, 0.15) is 46.7 Å². The molecule has 1 aromatic heterocycles. The highest BCUT2D eigenvalue weighted by atomic mass is 16.5. The first-order valence-corrected chi connectivity index (χ1v) is 12.0. The lowest BCUT2D eigenvalue weighted by atomic mass is 9.87. The van der Waals surface area contributed by atoms with Gasteiger partial charge < -0.3 is 9.84 Å². The first kappa shape index (κ1) is 24.7. The molecule has 0 fully saturated rings. The number of allylic oxidation sites excluding steroid dienone is 1. The van der Waals surface area contributed by atoms with Gasteiger partial charge in [0.25, 0.3) is 0 Å². The van der Waals surface area contributed by atoms with Crippen LogP contribution in [-0.2, 0) is 4.79 Å². The molecule has 0 saturated heterocycles. The number of hydrogen-bond donors (Lipinski definition) is 1. The Morgan fingerprint density at radius 1 is 0.861 bits per heavy atom. The Balaban J connectivity index is 1.84. The quantitative estimate of drug-likeness (QED) is 0.207. The van der Waals surface area contributed by atoms with Crippen molar-refractivity contribution in [2.45, 2.75) is 27.2 Å². The first-order chi connectivity index (χ1) is 17.4. The second-order valence-electron chi connectivity index (χ2n) is 8.60. The summed E-state index contributed by atoms with van der Waals surface area (Å²) < 4.78 is 6.01. The van der Waals surface area contributed by atoms with E-state index < -0.39 is 5.97 Å². The van der Waals surface area contributed by atoms with Crippen molar-refractivity contribution < 1.29 is 14.6 Å². The Kier molecular flexibility index (Phi) is 7.76. The van der Waals surface area contributed by atoms with Crippen molar-refractivity contribution >= 4 is 23.2 Å². The fourth-order valence-electron chi connectivity index (χ4n) is 4.14. The van der Waals surface area contributed by atoms with E-state index in [1.54, 1.807) is 12.3 Å². The van der Waals surface area contributed by atoms with Crippen molar-refractivity contribution in [1.29, 1.82) is 0 Å². The summed E-state index contributed by atoms with van der Waals surface area (Å²) in [6.45, 7) is 6.40. The predicted octanol–water partition coefficient (Wildman–Crippen LogP) is 7.96. The molecule has 1 N–H and O–H groups in total. The number of aromatic nitrogens is 1. The van der Waals surface area contributed by atoms with E-state index in [0.717, 1.165) is 46.1 Å². The van der Waals surface area contributed by atoms with Gasteiger partial charge in [-0.3, -0.25) is 0 Å². The molecule has 0 radical (unpaired) electrons. The highest BCUT2D eigenvalue weighted by molar-refractivity contribution is 5.99. The predicted molar refractivity (Wildman–Crippen MR) is 146 cm³/mol. The molecule has 4 aromatic rings. The van der Waals surface area contributed by atoms with Crippen LogP contribution in [0.2, 0.25) is 0 Å². The monoisotopic (exact) mass is 475 g/mol. The van der Waals surface area contributed by atoms with E-state index >= 15 is 0 Å². The van der Waals surface area contributed by atoms with Gasteiger partial charge in [0, 0.05) is 18.3 Å². The van der Waals surface area contributed by atoms with E-state index in [-0.39, 0.29) is 0 Å². The van der Waals surface area contributed by atoms with Gasteiger partial charge in [0.15, 0.2) is 0 Å². The SMILES string of the molecule is CC/C(=C(/c1ccc(/C=C/C(=O)O)cc1)c1ccc(C)c(C)c1)c1cccc(Oc2ccccn2)c1. The zero-order valence-electron chi connectivity index (χ0n) is 20.7. The zero-order valence-corrected chi connectivity index (χ0v) is 20.7. The molecular formula is C32H29NO3. The minimum absolute atomic E-state index is 0.552. The van der Waals surface area contributed by atoms with Gasteiger partial charge in [-0.05, 0) is 89.1 Å². The van der Waals surface area contributed by atoms with Gasteiger partial charge in [-0.2, -0.15) is 0 Å². The molecule has 4 heteroatoms. The van der Waals surface area contributed by atoms with E-state index in [1.807, 2.05) is 42.5 Å². The molecule has 4 nitrogen and oxygen atoms in total. The summed E-state index contributed by atoms with van der Waals surface area (Å²) in [4.78, 5) is 15.2. The van der Waals surface area contributed by atoms with Crippen molar-refractivity contribution in [1.82, 2.24) is 4.98 Å². The van der Waals surface area contributed by atoms with Crippen molar-refractivity contribution in [3.05, 3.63) is 131 Å². The van der Waals surface area contributed by atoms with Gasteiger partial charge in [-0.15, -0.1) is 0 Å². The van der Waals surface area contributed by atoms with Crippen LogP contribution in [0.5, 0.6) is 11.6 Å². The number of aliphatic carboxylic acids is 1. The smallest absolute Gasteiger partial charge is 0.328 e. The molecule has 0 spiro atoms. The number of carboxylic acid groups (broad SMARTS) is 1. The lowest BCUT2D eigenvalue weighted by Gasteiger charge is -2.18. The van der Waals surface area contributed by atoms with E-state index in [2.05, 4.69) is 68.2 Å². The average Bonchev–Trinajstić information content (AvgIpc) is 2.89. The van der Waals surface area contributed by atoms with E-state index in [4.69, 9.17) is 9.84 Å². The third-order valence-corrected chi connectivity index (χ3v) is 6.11. The Bertz CT molecular complexity index is 1420. The number of ether oxygens (including phenoxy) is 1. The second-order valence-corrected chi connectivity index (χ2v) is 8.60. The molecule has 3 aromatic carbocycles. The highest BCUT2D eigenvalue weighted by Gasteiger charge is 2.15. The van der Waals surface area contributed by atoms with Gasteiger partial charge in [0.2, 0.25) is 5.88 Å². The fourth-order valence-corrected chi connectivity index (χ4v) is 4.14. The lowest BCUT2D eigenvalue weighted by molar-refractivity contribution is -0.131. The zero-order chi connectivity index (χ0) is 25.5. The summed E-state index contributed by atoms with van der Waals surface area (Å²) in [6.07, 6.45) is 5.28. The summed E-state index contributed by atoms with van der Waals surface area (Å²) >= 11 is 0. The number of nitrogens with zero attached hydrogens (tertiary/aromatic N) is 1. The summed E-state index contributed by atoms with van der Waals surface area (Å²) in [5.74, 6) is 0.317. The number of aryl methyl sites for hydroxylation is 2. The standard InChI is InChI=1S/C32H29NO3/c1-4-29(26-8-7-9-28(21-26)36-30-10-5-6-19-33-30)32(27-15-11-22(2)23(3)20-27)25-16-12-24(13-17-25)14-18-31(34)35/h5-21H,4H2,1-3H3,(H,34,35)/b18-14+,32-29+. The largest absolute Gasteiger partial charge is 0.478 e. The van der Waals surface area contributed by atoms with Gasteiger partial charge in [-0.25, -0.2) is 9.78 Å². The molecule has 0 unspecified atom stereocenters. The van der Waals surface area contributed by atoms with E-state index in [1.165, 1.54) is 16.7 Å². The molecule has 0 aliphatic heterocycles. The maximum absolute atomic E-state index is 10.9. The number of rotatable bonds is 8. The van der Waals surface area contributed by atoms with Crippen LogP contribution in [0.3, 0.4) is 0 Å². The minimum atomic E-state index is -0.962. The third kappa shape index (κ3) is 5.97. The molecular weight excluding hydrogens is 446 g/mol. The number of pyridine rings is 1. The minimum Gasteiger partial charge on any atom is -0.478 e. The van der Waals surface area contributed by atoms with Crippen LogP contribution >= 0.6 is 0 Å². The Morgan fingerprint density at radius 3 is 2.31 bits per heavy atom. The van der Waals surface area contributed by atoms with Gasteiger partial charge in [0.05, 0.1) is 0 Å². The molecule has 180 valence electrons. The number of carboxylic acids is 1. The van der Waals surface area contributed by atoms with Crippen LogP contribution in [0, 0.1) is 13.8 Å². The van der Waals surface area contributed by atoms with Crippen LogP contribution in [0.25, 0.3) is 17.2 Å². The van der Waals surface area contributed by atoms with Crippen molar-refractivity contribution in [2.24, 2.45) is 0 Å². The topological polar surface area (TPSA) is 59.4 Å². The van der Waals surface area contributed by atoms with Crippen molar-refractivity contribution in [2.75, 3.05) is 0 Å². The maximum atomic E-state index is 10.9. The first-order valence-electron chi connectivity index (χ1n) is 12.0. The molecule has 4 rings (SSSR count). The Hall–Kier alpha value is -4.44. The Labute approximate surface area is 212 Å². The van der Waals surface area contributed by atoms with Gasteiger partial charge in [-0.1, -0.05) is 67.6 Å². The molecule has 36 heavy (non-hydrogen) atoms. The maximum Gasteiger partial charge on any atom is 0.328 e. The summed E-state index contributed by atoms with van der Waals surface area (Å²) in [5.41, 5.74) is 8.93. The molecule has 0 bridgehead atoms. The normalized spacial score (nSPS) is 11.9. The van der Waals surface area contributed by atoms with E-state index in [0.29, 0.717) is 5.88 Å². The van der Waals surface area contributed by atoms with Gasteiger partial charge in [0.1, 0.15) is 5.75 Å². The summed E-state index contributed by atoms with van der Waals surface area (Å²) in [5, 5.41) is 8.95. The van der Waals surface area contributed by atoms with Crippen molar-refractivity contribution in [3.63, 3.8) is 0 Å². The molecule has 0 atom stereocenters. The van der Waals surface area contributed by atoms with Crippen LogP contribution in [-0.4, -0.2) is 16.1 Å². The third-order valence-electron chi connectivity index (χ3n) is 6.11. The number of carbonyl (C=O) groups is 1. The summed E-state index contributed by atoms with van der Waals surface area (Å²) in [7, 11) is 0. The van der Waals surface area contributed by atoms with Crippen LogP contribution in [0.15, 0.2) is 97.2 Å². The Morgan fingerprint density at radius 2 is 1.64 bits per heavy atom. The summed E-state index contributed by atoms with van der Waals surface area (Å²) in [6, 6.07) is 28.2. The van der Waals surface area contributed by atoms with Gasteiger partial charge >= 0.3 is 5.97 Å². The lowest BCUT2D eigenvalue weighted by Crippen LogP contribution is -1.97. The van der Waals surface area contributed by atoms with Crippen LogP contribution in [0.4, 0.5) is 0 Å². The molecule has 0 aliphatic carbocycles. The molecule has 0 amide bonds. The number of hydrogen-bond acceptors (Lipinski definition) is 3. The molecule has 0 saturated carbocycles. The fraction of sp³-hybridized carbons (Fsp3) is 0.125. The number of benzene rings is 3. The molecule has 1 heterocycles.